The van der Waals surface area contributed by atoms with E-state index in [2.05, 4.69) is 76.7 Å². The second-order valence-electron chi connectivity index (χ2n) is 8.52. The predicted molar refractivity (Wildman–Crippen MR) is 137 cm³/mol. The van der Waals surface area contributed by atoms with E-state index in [1.807, 2.05) is 54.6 Å². The topological polar surface area (TPSA) is 28.8 Å². The van der Waals surface area contributed by atoms with Crippen LogP contribution in [0, 0.1) is 18.4 Å². The van der Waals surface area contributed by atoms with E-state index in [0.717, 1.165) is 11.1 Å². The minimum Gasteiger partial charge on any atom is -0.853 e. The molecule has 3 nitrogen and oxygen atoms in total. The van der Waals surface area contributed by atoms with Gasteiger partial charge in [0.25, 0.3) is 0 Å². The summed E-state index contributed by atoms with van der Waals surface area (Å²) in [6.45, 7) is 17.6. The van der Waals surface area contributed by atoms with Crippen LogP contribution in [0.4, 0.5) is 0 Å². The van der Waals surface area contributed by atoms with Crippen molar-refractivity contribution < 1.29 is 26.2 Å². The van der Waals surface area contributed by atoms with Gasteiger partial charge in [0.05, 0.1) is 0 Å². The van der Waals surface area contributed by atoms with Crippen LogP contribution in [0.1, 0.15) is 66.5 Å². The monoisotopic (exact) mass is 524 g/mol. The van der Waals surface area contributed by atoms with E-state index >= 15 is 0 Å². The quantitative estimate of drug-likeness (QED) is 0.161. The first kappa shape index (κ1) is 30.9. The zero-order chi connectivity index (χ0) is 23.6. The summed E-state index contributed by atoms with van der Waals surface area (Å²) in [5.74, 6) is 2.28. The summed E-state index contributed by atoms with van der Waals surface area (Å²) in [5.41, 5.74) is 2.08. The molecule has 5 heteroatoms. The van der Waals surface area contributed by atoms with Crippen molar-refractivity contribution in [2.45, 2.75) is 79.6 Å². The Bertz CT molecular complexity index is 778. The van der Waals surface area contributed by atoms with Crippen molar-refractivity contribution in [3.63, 3.8) is 0 Å². The number of rotatable bonds is 8. The number of hydrogen-bond donors (Lipinski definition) is 0. The van der Waals surface area contributed by atoms with Gasteiger partial charge in [-0.2, -0.15) is 5.56 Å². The van der Waals surface area contributed by atoms with Gasteiger partial charge in [0, 0.05) is 32.4 Å². The normalized spacial score (nSPS) is 11.1. The molecule has 0 aliphatic carbocycles. The molecule has 2 rings (SSSR count). The maximum atomic E-state index is 11.1. The van der Waals surface area contributed by atoms with Gasteiger partial charge in [0.15, 0.2) is 0 Å². The maximum Gasteiger partial charge on any atom is 3.00 e. The zero-order valence-corrected chi connectivity index (χ0v) is 24.1. The van der Waals surface area contributed by atoms with Crippen molar-refractivity contribution in [1.82, 2.24) is 9.34 Å². The molecular weight excluding hydrogens is 489 g/mol. The van der Waals surface area contributed by atoms with Crippen LogP contribution in [0.3, 0.4) is 0 Å². The molecule has 0 fully saturated rings. The van der Waals surface area contributed by atoms with Gasteiger partial charge in [-0.15, -0.1) is 48.0 Å². The SMILES string of the molecule is CC(C)N(C(C)C)P(C(=[N-])c1[c-]cccc1)N(C(C)C)C(C)C.[C-]#Cc1ccccc1.[Zr+3]. The summed E-state index contributed by atoms with van der Waals surface area (Å²) in [6.07, 6.45) is 6.69. The summed E-state index contributed by atoms with van der Waals surface area (Å²) < 4.78 is 4.87. The van der Waals surface area contributed by atoms with Crippen LogP contribution in [-0.2, 0) is 26.2 Å². The van der Waals surface area contributed by atoms with Crippen LogP contribution in [0.5, 0.6) is 0 Å². The number of benzene rings is 2. The fourth-order valence-corrected chi connectivity index (χ4v) is 6.35. The predicted octanol–water partition coefficient (Wildman–Crippen LogP) is 6.97. The molecule has 0 heterocycles. The van der Waals surface area contributed by atoms with E-state index in [1.54, 1.807) is 0 Å². The van der Waals surface area contributed by atoms with E-state index in [4.69, 9.17) is 6.42 Å². The van der Waals surface area contributed by atoms with Crippen LogP contribution in [-0.4, -0.2) is 39.0 Å². The van der Waals surface area contributed by atoms with Gasteiger partial charge in [-0.05, 0) is 55.4 Å². The molecule has 0 spiro atoms. The molecule has 0 aromatic heterocycles. The molecule has 2 aromatic rings. The largest absolute Gasteiger partial charge is 3.00 e. The van der Waals surface area contributed by atoms with Gasteiger partial charge in [-0.1, -0.05) is 18.2 Å². The Hall–Kier alpha value is -1.10. The van der Waals surface area contributed by atoms with Crippen LogP contribution >= 0.6 is 8.22 Å². The van der Waals surface area contributed by atoms with Gasteiger partial charge in [0.1, 0.15) is 0 Å². The smallest absolute Gasteiger partial charge is 0.853 e. The first-order valence-electron chi connectivity index (χ1n) is 11.0. The first-order chi connectivity index (χ1) is 14.6. The van der Waals surface area contributed by atoms with Crippen molar-refractivity contribution >= 4 is 13.7 Å². The minimum absolute atomic E-state index is 0. The third-order valence-electron chi connectivity index (χ3n) is 4.61. The molecule has 1 radical (unpaired) electrons. The molecule has 0 bridgehead atoms. The average molecular weight is 526 g/mol. The van der Waals surface area contributed by atoms with Gasteiger partial charge in [-0.3, -0.25) is 15.3 Å². The molecule has 0 aliphatic rings. The fourth-order valence-electron chi connectivity index (χ4n) is 3.57. The van der Waals surface area contributed by atoms with Crippen LogP contribution in [0.15, 0.2) is 54.6 Å². The Labute approximate surface area is 217 Å². The Balaban J connectivity index is 0.000000896. The number of nitrogens with zero attached hydrogens (tertiary/aromatic N) is 3. The van der Waals surface area contributed by atoms with E-state index < -0.39 is 8.22 Å². The second kappa shape index (κ2) is 15.7. The van der Waals surface area contributed by atoms with Crippen LogP contribution in [0.2, 0.25) is 0 Å². The summed E-state index contributed by atoms with van der Waals surface area (Å²) in [6, 6.07) is 21.7. The van der Waals surface area contributed by atoms with E-state index in [9.17, 15) is 5.41 Å². The fraction of sp³-hybridized carbons (Fsp3) is 0.444. The summed E-state index contributed by atoms with van der Waals surface area (Å²) in [7, 11) is -0.975. The minimum atomic E-state index is -0.975. The summed E-state index contributed by atoms with van der Waals surface area (Å²) in [5, 5.41) is 11.1. The molecule has 0 unspecified atom stereocenters. The second-order valence-corrected chi connectivity index (χ2v) is 10.4. The van der Waals surface area contributed by atoms with E-state index in [1.165, 1.54) is 0 Å². The standard InChI is InChI=1S/C19H32N3P.C8H5.Zr/c1-14(2)21(15(3)4)23(22(16(5)6)17(7)8)19(20)18-12-10-9-11-13-18;1-2-8-6-4-3-5-7-8;/h9-12,14-17H,1-8H3;3-7H;/q-2;-1;+3. The molecule has 0 amide bonds. The van der Waals surface area contributed by atoms with Crippen LogP contribution < -0.4 is 0 Å². The van der Waals surface area contributed by atoms with Crippen LogP contribution in [0.25, 0.3) is 5.41 Å². The maximum absolute atomic E-state index is 11.1. The van der Waals surface area contributed by atoms with Crippen molar-refractivity contribution in [1.29, 1.82) is 0 Å². The number of hydrogen-bond acceptors (Lipinski definition) is 2. The molecule has 169 valence electrons. The van der Waals surface area contributed by atoms with Crippen molar-refractivity contribution in [2.24, 2.45) is 0 Å². The molecular formula is C27H37N3PZr. The third-order valence-corrected chi connectivity index (χ3v) is 7.95. The Kier molecular flexibility index (Phi) is 15.2. The molecule has 0 N–H and O–H groups in total. The molecule has 0 saturated heterocycles. The Morgan fingerprint density at radius 1 is 0.812 bits per heavy atom. The Morgan fingerprint density at radius 3 is 1.56 bits per heavy atom. The zero-order valence-electron chi connectivity index (χ0n) is 20.8. The van der Waals surface area contributed by atoms with Gasteiger partial charge < -0.3 is 11.8 Å². The molecule has 0 atom stereocenters. The molecule has 32 heavy (non-hydrogen) atoms. The third kappa shape index (κ3) is 9.41. The molecule has 0 aliphatic heterocycles. The van der Waals surface area contributed by atoms with E-state index in [-0.39, 0.29) is 26.2 Å². The Morgan fingerprint density at radius 2 is 1.25 bits per heavy atom. The van der Waals surface area contributed by atoms with Crippen molar-refractivity contribution in [3.05, 3.63) is 83.6 Å². The van der Waals surface area contributed by atoms with Gasteiger partial charge in [-0.25, -0.2) is 5.45 Å². The van der Waals surface area contributed by atoms with Crippen molar-refractivity contribution in [2.75, 3.05) is 0 Å². The average Bonchev–Trinajstić information content (AvgIpc) is 2.73. The summed E-state index contributed by atoms with van der Waals surface area (Å²) in [4.78, 5) is 0. The first-order valence-corrected chi connectivity index (χ1v) is 12.2. The molecule has 2 aromatic carbocycles. The summed E-state index contributed by atoms with van der Waals surface area (Å²) >= 11 is 0. The molecule has 0 saturated carbocycles. The van der Waals surface area contributed by atoms with Crippen molar-refractivity contribution in [3.8, 4) is 5.92 Å². The van der Waals surface area contributed by atoms with Gasteiger partial charge in [0.2, 0.25) is 0 Å². The van der Waals surface area contributed by atoms with E-state index in [0.29, 0.717) is 29.6 Å². The van der Waals surface area contributed by atoms with Gasteiger partial charge >= 0.3 is 26.2 Å².